The first-order valence-corrected chi connectivity index (χ1v) is 10.6. The number of ether oxygens (including phenoxy) is 2. The van der Waals surface area contributed by atoms with Crippen LogP contribution in [0.4, 0.5) is 4.39 Å². The largest absolute Gasteiger partial charge is 0.490 e. The molecule has 0 spiro atoms. The maximum absolute atomic E-state index is 13.9. The van der Waals surface area contributed by atoms with Gasteiger partial charge in [0.05, 0.1) is 19.8 Å². The maximum atomic E-state index is 13.9. The molecule has 1 rings (SSSR count). The average Bonchev–Trinajstić information content (AvgIpc) is 2.51. The van der Waals surface area contributed by atoms with E-state index < -0.39 is 21.9 Å². The van der Waals surface area contributed by atoms with E-state index in [0.29, 0.717) is 18.8 Å². The molecule has 0 radical (unpaired) electrons. The van der Waals surface area contributed by atoms with Gasteiger partial charge in [0.25, 0.3) is 0 Å². The number of halogens is 1. The molecule has 0 bridgehead atoms. The number of rotatable bonds is 10. The van der Waals surface area contributed by atoms with Gasteiger partial charge in [0.1, 0.15) is 0 Å². The number of nitrogens with one attached hydrogen (secondary N) is 1. The maximum Gasteiger partial charge on any atom is 0.234 e. The molecular weight excluding hydrogens is 369 g/mol. The summed E-state index contributed by atoms with van der Waals surface area (Å²) in [5.74, 6) is -0.0849. The Bertz CT molecular complexity index is 724. The second kappa shape index (κ2) is 10.2. The summed E-state index contributed by atoms with van der Waals surface area (Å²) in [7, 11) is -3.64. The molecule has 0 amide bonds. The molecule has 0 aliphatic rings. The number of hydrogen-bond donors (Lipinski definition) is 1. The van der Waals surface area contributed by atoms with Crippen LogP contribution < -0.4 is 9.46 Å². The fourth-order valence-electron chi connectivity index (χ4n) is 2.11. The third-order valence-electron chi connectivity index (χ3n) is 3.39. The van der Waals surface area contributed by atoms with Gasteiger partial charge in [-0.1, -0.05) is 40.7 Å². The Morgan fingerprint density at radius 2 is 1.89 bits per heavy atom. The molecule has 1 atom stereocenters. The van der Waals surface area contributed by atoms with E-state index in [1.807, 2.05) is 34.6 Å². The highest BCUT2D eigenvalue weighted by molar-refractivity contribution is 7.92. The number of hydrogen-bond acceptors (Lipinski definition) is 4. The minimum absolute atomic E-state index is 0.0252. The van der Waals surface area contributed by atoms with Crippen LogP contribution in [0.5, 0.6) is 5.75 Å². The summed E-state index contributed by atoms with van der Waals surface area (Å²) in [6.45, 7) is 12.9. The highest BCUT2D eigenvalue weighted by Gasteiger charge is 2.16. The van der Waals surface area contributed by atoms with Gasteiger partial charge in [-0.2, -0.15) is 0 Å². The summed E-state index contributed by atoms with van der Waals surface area (Å²) < 4.78 is 51.6. The SMILES string of the molecule is CC(C)COc1cc([C@@H](C)NS(=O)(=O)/C=C/COCC(C)(C)C)ccc1F. The van der Waals surface area contributed by atoms with Crippen molar-refractivity contribution < 1.29 is 22.3 Å². The first-order valence-electron chi connectivity index (χ1n) is 9.08. The Hall–Kier alpha value is -1.44. The van der Waals surface area contributed by atoms with E-state index >= 15 is 0 Å². The topological polar surface area (TPSA) is 64.6 Å². The van der Waals surface area contributed by atoms with Crippen molar-refractivity contribution in [2.75, 3.05) is 19.8 Å². The molecule has 1 N–H and O–H groups in total. The molecule has 0 aromatic heterocycles. The fraction of sp³-hybridized carbons (Fsp3) is 0.600. The summed E-state index contributed by atoms with van der Waals surface area (Å²) in [5.41, 5.74) is 0.647. The van der Waals surface area contributed by atoms with Gasteiger partial charge >= 0.3 is 0 Å². The van der Waals surface area contributed by atoms with E-state index in [1.54, 1.807) is 13.0 Å². The normalized spacial score (nSPS) is 14.1. The summed E-state index contributed by atoms with van der Waals surface area (Å²) >= 11 is 0. The molecule has 0 fully saturated rings. The molecular formula is C20H32FNO4S. The molecule has 1 aromatic rings. The van der Waals surface area contributed by atoms with Crippen LogP contribution in [-0.4, -0.2) is 28.2 Å². The van der Waals surface area contributed by atoms with Gasteiger partial charge < -0.3 is 9.47 Å². The molecule has 1 aromatic carbocycles. The highest BCUT2D eigenvalue weighted by Crippen LogP contribution is 2.24. The zero-order chi connectivity index (χ0) is 20.7. The first-order chi connectivity index (χ1) is 12.4. The molecule has 0 saturated carbocycles. The zero-order valence-corrected chi connectivity index (χ0v) is 17.9. The molecule has 7 heteroatoms. The van der Waals surface area contributed by atoms with E-state index in [2.05, 4.69) is 4.72 Å². The molecule has 0 saturated heterocycles. The van der Waals surface area contributed by atoms with Crippen LogP contribution in [0.1, 0.15) is 53.1 Å². The molecule has 0 aliphatic heterocycles. The van der Waals surface area contributed by atoms with Crippen LogP contribution in [0.15, 0.2) is 29.7 Å². The van der Waals surface area contributed by atoms with Crippen molar-refractivity contribution in [3.8, 4) is 5.75 Å². The minimum Gasteiger partial charge on any atom is -0.490 e. The lowest BCUT2D eigenvalue weighted by Crippen LogP contribution is -2.25. The Balaban J connectivity index is 2.68. The standard InChI is InChI=1S/C20H32FNO4S/c1-15(2)13-26-19-12-17(8-9-18(19)21)16(3)22-27(23,24)11-7-10-25-14-20(4,5)6/h7-9,11-12,15-16,22H,10,13-14H2,1-6H3/b11-7+/t16-/m1/s1. The van der Waals surface area contributed by atoms with Gasteiger partial charge in [-0.3, -0.25) is 0 Å². The Labute approximate surface area is 163 Å². The van der Waals surface area contributed by atoms with Crippen molar-refractivity contribution in [2.24, 2.45) is 11.3 Å². The predicted octanol–water partition coefficient (Wildman–Crippen LogP) is 4.42. The third kappa shape index (κ3) is 9.89. The van der Waals surface area contributed by atoms with Crippen molar-refractivity contribution in [2.45, 2.75) is 47.6 Å². The number of sulfonamides is 1. The lowest BCUT2D eigenvalue weighted by molar-refractivity contribution is 0.0910. The van der Waals surface area contributed by atoms with Crippen LogP contribution in [-0.2, 0) is 14.8 Å². The van der Waals surface area contributed by atoms with Crippen molar-refractivity contribution in [1.29, 1.82) is 0 Å². The van der Waals surface area contributed by atoms with Crippen LogP contribution in [0.3, 0.4) is 0 Å². The Kier molecular flexibility index (Phi) is 8.91. The third-order valence-corrected chi connectivity index (χ3v) is 4.63. The smallest absolute Gasteiger partial charge is 0.234 e. The van der Waals surface area contributed by atoms with E-state index in [0.717, 1.165) is 5.41 Å². The van der Waals surface area contributed by atoms with E-state index in [-0.39, 0.29) is 23.7 Å². The van der Waals surface area contributed by atoms with Crippen molar-refractivity contribution in [3.05, 3.63) is 41.1 Å². The first kappa shape index (κ1) is 23.6. The van der Waals surface area contributed by atoms with Gasteiger partial charge in [0.15, 0.2) is 11.6 Å². The lowest BCUT2D eigenvalue weighted by atomic mass is 9.99. The van der Waals surface area contributed by atoms with E-state index in [4.69, 9.17) is 9.47 Å². The van der Waals surface area contributed by atoms with Gasteiger partial charge in [-0.15, -0.1) is 0 Å². The average molecular weight is 402 g/mol. The van der Waals surface area contributed by atoms with Gasteiger partial charge in [-0.25, -0.2) is 17.5 Å². The summed E-state index contributed by atoms with van der Waals surface area (Å²) in [5, 5.41) is 1.09. The summed E-state index contributed by atoms with van der Waals surface area (Å²) in [6.07, 6.45) is 1.46. The molecule has 0 heterocycles. The molecule has 5 nitrogen and oxygen atoms in total. The monoisotopic (exact) mass is 401 g/mol. The highest BCUT2D eigenvalue weighted by atomic mass is 32.2. The van der Waals surface area contributed by atoms with Gasteiger partial charge in [-0.05, 0) is 42.0 Å². The second-order valence-electron chi connectivity index (χ2n) is 8.23. The van der Waals surface area contributed by atoms with Crippen LogP contribution in [0.25, 0.3) is 0 Å². The molecule has 154 valence electrons. The quantitative estimate of drug-likeness (QED) is 0.590. The van der Waals surface area contributed by atoms with E-state index in [9.17, 15) is 12.8 Å². The lowest BCUT2D eigenvalue weighted by Gasteiger charge is -2.17. The zero-order valence-electron chi connectivity index (χ0n) is 17.1. The van der Waals surface area contributed by atoms with E-state index in [1.165, 1.54) is 18.2 Å². The Morgan fingerprint density at radius 3 is 2.48 bits per heavy atom. The van der Waals surface area contributed by atoms with Gasteiger partial charge in [0, 0.05) is 11.4 Å². The minimum atomic E-state index is -3.64. The van der Waals surface area contributed by atoms with Crippen LogP contribution in [0, 0.1) is 17.2 Å². The van der Waals surface area contributed by atoms with Crippen molar-refractivity contribution in [1.82, 2.24) is 4.72 Å². The van der Waals surface area contributed by atoms with Gasteiger partial charge in [0.2, 0.25) is 10.0 Å². The van der Waals surface area contributed by atoms with Crippen LogP contribution >= 0.6 is 0 Å². The Morgan fingerprint density at radius 1 is 1.22 bits per heavy atom. The predicted molar refractivity (Wildman–Crippen MR) is 107 cm³/mol. The fourth-order valence-corrected chi connectivity index (χ4v) is 3.15. The second-order valence-corrected chi connectivity index (χ2v) is 9.82. The summed E-state index contributed by atoms with van der Waals surface area (Å²) in [4.78, 5) is 0. The van der Waals surface area contributed by atoms with Crippen LogP contribution in [0.2, 0.25) is 0 Å². The summed E-state index contributed by atoms with van der Waals surface area (Å²) in [6, 6.07) is 3.82. The van der Waals surface area contributed by atoms with Crippen molar-refractivity contribution >= 4 is 10.0 Å². The molecule has 0 aliphatic carbocycles. The number of benzene rings is 1. The molecule has 27 heavy (non-hydrogen) atoms. The van der Waals surface area contributed by atoms with Crippen molar-refractivity contribution in [3.63, 3.8) is 0 Å². The molecule has 0 unspecified atom stereocenters.